The summed E-state index contributed by atoms with van der Waals surface area (Å²) in [6.45, 7) is 8.17. The molecule has 0 heterocycles. The van der Waals surface area contributed by atoms with Crippen molar-refractivity contribution in [3.63, 3.8) is 0 Å². The molecule has 0 N–H and O–H groups in total. The molecular weight excluding hydrogens is 204 g/mol. The number of hydrogen-bond acceptors (Lipinski definition) is 0. The fourth-order valence-electron chi connectivity index (χ4n) is 1.67. The predicted molar refractivity (Wildman–Crippen MR) is 68.2 cm³/mol. The summed E-state index contributed by atoms with van der Waals surface area (Å²) < 4.78 is 0. The molecule has 0 fully saturated rings. The third-order valence-corrected chi connectivity index (χ3v) is 3.61. The number of alkyl halides is 1. The van der Waals surface area contributed by atoms with Gasteiger partial charge in [0, 0.05) is 0 Å². The van der Waals surface area contributed by atoms with Gasteiger partial charge < -0.3 is 0 Å². The summed E-state index contributed by atoms with van der Waals surface area (Å²) in [5.41, 5.74) is 1.31. The van der Waals surface area contributed by atoms with E-state index in [0.717, 1.165) is 12.8 Å². The van der Waals surface area contributed by atoms with Gasteiger partial charge in [-0.2, -0.15) is 0 Å². The van der Waals surface area contributed by atoms with E-state index in [-0.39, 0.29) is 10.8 Å². The Balaban J connectivity index is 2.74. The Morgan fingerprint density at radius 3 is 2.47 bits per heavy atom. The van der Waals surface area contributed by atoms with Crippen molar-refractivity contribution < 1.29 is 0 Å². The zero-order valence-corrected chi connectivity index (χ0v) is 10.3. The first kappa shape index (κ1) is 12.3. The van der Waals surface area contributed by atoms with Crippen molar-refractivity contribution in [3.05, 3.63) is 48.6 Å². The molecule has 1 aromatic rings. The highest BCUT2D eigenvalue weighted by molar-refractivity contribution is 6.21. The molecule has 0 nitrogen and oxygen atoms in total. The Labute approximate surface area is 98.0 Å². The van der Waals surface area contributed by atoms with Crippen LogP contribution in [0, 0.1) is 5.41 Å². The minimum atomic E-state index is 0.0682. The predicted octanol–water partition coefficient (Wildman–Crippen LogP) is 4.96. The average Bonchev–Trinajstić information content (AvgIpc) is 2.26. The zero-order chi connectivity index (χ0) is 11.3. The van der Waals surface area contributed by atoms with Crippen LogP contribution in [0.15, 0.2) is 43.0 Å². The van der Waals surface area contributed by atoms with Crippen LogP contribution < -0.4 is 0 Å². The third-order valence-electron chi connectivity index (χ3n) is 2.77. The van der Waals surface area contributed by atoms with Crippen molar-refractivity contribution in [1.82, 2.24) is 0 Å². The first-order chi connectivity index (χ1) is 7.08. The molecule has 0 aliphatic heterocycles. The Bertz CT molecular complexity index is 300. The van der Waals surface area contributed by atoms with Crippen molar-refractivity contribution in [2.75, 3.05) is 0 Å². The topological polar surface area (TPSA) is 0 Å². The lowest BCUT2D eigenvalue weighted by atomic mass is 9.81. The molecule has 0 radical (unpaired) electrons. The van der Waals surface area contributed by atoms with Crippen LogP contribution in [0.3, 0.4) is 0 Å². The van der Waals surface area contributed by atoms with Gasteiger partial charge >= 0.3 is 0 Å². The summed E-state index contributed by atoms with van der Waals surface area (Å²) in [4.78, 5) is 0. The SMILES string of the molecule is C=CCCC(C)(C)C(Cl)c1ccccc1. The summed E-state index contributed by atoms with van der Waals surface area (Å²) in [7, 11) is 0. The molecule has 0 bridgehead atoms. The number of rotatable bonds is 5. The van der Waals surface area contributed by atoms with Gasteiger partial charge in [-0.05, 0) is 23.8 Å². The molecule has 0 amide bonds. The molecule has 0 saturated carbocycles. The van der Waals surface area contributed by atoms with Gasteiger partial charge in [-0.15, -0.1) is 18.2 Å². The van der Waals surface area contributed by atoms with Crippen LogP contribution in [0.2, 0.25) is 0 Å². The molecule has 0 spiro atoms. The van der Waals surface area contributed by atoms with Crippen LogP contribution in [0.1, 0.15) is 37.6 Å². The Hall–Kier alpha value is -0.750. The van der Waals surface area contributed by atoms with Crippen molar-refractivity contribution in [2.24, 2.45) is 5.41 Å². The molecular formula is C14H19Cl. The zero-order valence-electron chi connectivity index (χ0n) is 9.54. The van der Waals surface area contributed by atoms with Gasteiger partial charge in [0.15, 0.2) is 0 Å². The number of halogens is 1. The van der Waals surface area contributed by atoms with E-state index in [1.807, 2.05) is 24.3 Å². The lowest BCUT2D eigenvalue weighted by Gasteiger charge is -2.30. The molecule has 1 atom stereocenters. The molecule has 0 aromatic heterocycles. The van der Waals surface area contributed by atoms with Crippen LogP contribution in [0.4, 0.5) is 0 Å². The first-order valence-electron chi connectivity index (χ1n) is 5.38. The fourth-order valence-corrected chi connectivity index (χ4v) is 1.93. The Morgan fingerprint density at radius 1 is 1.33 bits per heavy atom. The van der Waals surface area contributed by atoms with E-state index in [4.69, 9.17) is 11.6 Å². The third kappa shape index (κ3) is 3.39. The molecule has 15 heavy (non-hydrogen) atoms. The van der Waals surface area contributed by atoms with Gasteiger partial charge in [-0.3, -0.25) is 0 Å². The molecule has 82 valence electrons. The van der Waals surface area contributed by atoms with Crippen molar-refractivity contribution in [2.45, 2.75) is 32.1 Å². The van der Waals surface area contributed by atoms with E-state index in [0.29, 0.717) is 0 Å². The monoisotopic (exact) mass is 222 g/mol. The second-order valence-corrected chi connectivity index (χ2v) is 5.03. The standard InChI is InChI=1S/C14H19Cl/c1-4-5-11-14(2,3)13(15)12-9-7-6-8-10-12/h4,6-10,13H,1,5,11H2,2-3H3. The maximum atomic E-state index is 6.50. The van der Waals surface area contributed by atoms with Gasteiger partial charge in [0.25, 0.3) is 0 Å². The normalized spacial score (nSPS) is 13.5. The quantitative estimate of drug-likeness (QED) is 0.488. The Morgan fingerprint density at radius 2 is 1.93 bits per heavy atom. The van der Waals surface area contributed by atoms with E-state index in [1.54, 1.807) is 0 Å². The smallest absolute Gasteiger partial charge is 0.0636 e. The summed E-state index contributed by atoms with van der Waals surface area (Å²) in [5, 5.41) is 0.0682. The van der Waals surface area contributed by atoms with Gasteiger partial charge in [0.1, 0.15) is 0 Å². The summed E-state index contributed by atoms with van der Waals surface area (Å²) in [6.07, 6.45) is 4.04. The summed E-state index contributed by atoms with van der Waals surface area (Å²) in [5.74, 6) is 0. The Kier molecular flexibility index (Phi) is 4.41. The number of allylic oxidation sites excluding steroid dienone is 1. The van der Waals surface area contributed by atoms with Gasteiger partial charge in [0.2, 0.25) is 0 Å². The maximum absolute atomic E-state index is 6.50. The van der Waals surface area contributed by atoms with E-state index < -0.39 is 0 Å². The summed E-state index contributed by atoms with van der Waals surface area (Å²) in [6, 6.07) is 10.3. The van der Waals surface area contributed by atoms with E-state index in [2.05, 4.69) is 32.6 Å². The highest BCUT2D eigenvalue weighted by atomic mass is 35.5. The van der Waals surface area contributed by atoms with E-state index >= 15 is 0 Å². The lowest BCUT2D eigenvalue weighted by molar-refractivity contribution is 0.323. The molecule has 0 aliphatic rings. The molecule has 0 aliphatic carbocycles. The first-order valence-corrected chi connectivity index (χ1v) is 5.81. The lowest BCUT2D eigenvalue weighted by Crippen LogP contribution is -2.17. The van der Waals surface area contributed by atoms with Crippen molar-refractivity contribution >= 4 is 11.6 Å². The second-order valence-electron chi connectivity index (χ2n) is 4.59. The molecule has 1 heteroatoms. The molecule has 1 rings (SSSR count). The number of benzene rings is 1. The maximum Gasteiger partial charge on any atom is 0.0636 e. The minimum absolute atomic E-state index is 0.0682. The van der Waals surface area contributed by atoms with Gasteiger partial charge in [-0.1, -0.05) is 50.3 Å². The highest BCUT2D eigenvalue weighted by Gasteiger charge is 2.27. The van der Waals surface area contributed by atoms with Crippen LogP contribution in [-0.2, 0) is 0 Å². The largest absolute Gasteiger partial charge is 0.117 e. The van der Waals surface area contributed by atoms with E-state index in [1.165, 1.54) is 5.56 Å². The fraction of sp³-hybridized carbons (Fsp3) is 0.429. The van der Waals surface area contributed by atoms with Gasteiger partial charge in [0.05, 0.1) is 5.38 Å². The van der Waals surface area contributed by atoms with Gasteiger partial charge in [-0.25, -0.2) is 0 Å². The van der Waals surface area contributed by atoms with Crippen LogP contribution in [-0.4, -0.2) is 0 Å². The van der Waals surface area contributed by atoms with Crippen molar-refractivity contribution in [1.29, 1.82) is 0 Å². The van der Waals surface area contributed by atoms with Crippen LogP contribution in [0.5, 0.6) is 0 Å². The minimum Gasteiger partial charge on any atom is -0.117 e. The van der Waals surface area contributed by atoms with Crippen molar-refractivity contribution in [3.8, 4) is 0 Å². The second kappa shape index (κ2) is 5.37. The number of hydrogen-bond donors (Lipinski definition) is 0. The molecule has 1 aromatic carbocycles. The average molecular weight is 223 g/mol. The van der Waals surface area contributed by atoms with E-state index in [9.17, 15) is 0 Å². The highest BCUT2D eigenvalue weighted by Crippen LogP contribution is 2.42. The summed E-state index contributed by atoms with van der Waals surface area (Å²) >= 11 is 6.50. The van der Waals surface area contributed by atoms with Crippen LogP contribution >= 0.6 is 11.6 Å². The van der Waals surface area contributed by atoms with Crippen LogP contribution in [0.25, 0.3) is 0 Å². The molecule has 0 saturated heterocycles. The molecule has 1 unspecified atom stereocenters.